The molecule has 0 bridgehead atoms. The van der Waals surface area contributed by atoms with Crippen molar-refractivity contribution in [1.29, 1.82) is 0 Å². The molecule has 0 aliphatic heterocycles. The molecular weight excluding hydrogens is 365 g/mol. The first-order chi connectivity index (χ1) is 9.52. The smallest absolute Gasteiger partial charge is 0.225 e. The molecule has 0 unspecified atom stereocenters. The third kappa shape index (κ3) is 2.63. The summed E-state index contributed by atoms with van der Waals surface area (Å²) in [7, 11) is 0. The third-order valence-electron chi connectivity index (χ3n) is 2.67. The molecule has 0 radical (unpaired) electrons. The van der Waals surface area contributed by atoms with Crippen molar-refractivity contribution < 1.29 is 4.39 Å². The Bertz CT molecular complexity index is 806. The number of hydrogen-bond acceptors (Lipinski definition) is 4. The third-order valence-corrected chi connectivity index (χ3v) is 4.44. The van der Waals surface area contributed by atoms with E-state index < -0.39 is 0 Å². The highest BCUT2D eigenvalue weighted by atomic mass is 79.9. The minimum absolute atomic E-state index is 0.181. The normalized spacial score (nSPS) is 11.0. The Morgan fingerprint density at radius 2 is 2.10 bits per heavy atom. The average Bonchev–Trinajstić information content (AvgIpc) is 2.73. The molecule has 2 heterocycles. The van der Waals surface area contributed by atoms with Crippen molar-refractivity contribution in [3.8, 4) is 0 Å². The second kappa shape index (κ2) is 5.27. The van der Waals surface area contributed by atoms with Crippen molar-refractivity contribution >= 4 is 60.6 Å². The molecule has 102 valence electrons. The topological polar surface area (TPSA) is 37.8 Å². The Kier molecular flexibility index (Phi) is 3.62. The molecule has 0 saturated carbocycles. The Labute approximate surface area is 132 Å². The predicted octanol–water partition coefficient (Wildman–Crippen LogP) is 5.30. The second-order valence-corrected chi connectivity index (χ2v) is 6.59. The van der Waals surface area contributed by atoms with Gasteiger partial charge in [0.25, 0.3) is 0 Å². The van der Waals surface area contributed by atoms with Crippen molar-refractivity contribution in [1.82, 2.24) is 9.97 Å². The molecule has 0 spiro atoms. The molecule has 0 aliphatic rings. The van der Waals surface area contributed by atoms with Gasteiger partial charge in [0, 0.05) is 9.35 Å². The van der Waals surface area contributed by atoms with E-state index in [1.54, 1.807) is 17.4 Å². The molecule has 3 aromatic rings. The molecule has 0 fully saturated rings. The van der Waals surface area contributed by atoms with Crippen LogP contribution in [0.2, 0.25) is 5.28 Å². The fourth-order valence-electron chi connectivity index (χ4n) is 1.83. The van der Waals surface area contributed by atoms with Crippen LogP contribution in [0.3, 0.4) is 0 Å². The van der Waals surface area contributed by atoms with E-state index in [0.717, 1.165) is 15.1 Å². The van der Waals surface area contributed by atoms with Crippen LogP contribution >= 0.6 is 38.9 Å². The van der Waals surface area contributed by atoms with Gasteiger partial charge in [-0.25, -0.2) is 9.37 Å². The van der Waals surface area contributed by atoms with E-state index in [-0.39, 0.29) is 11.1 Å². The molecule has 1 N–H and O–H groups in total. The van der Waals surface area contributed by atoms with E-state index in [2.05, 4.69) is 31.2 Å². The van der Waals surface area contributed by atoms with Crippen molar-refractivity contribution in [3.05, 3.63) is 44.7 Å². The molecular formula is C13H8BrClFN3S. The SMILES string of the molecule is Cc1cc2c(Nc3ccc(F)cc3Br)nc(Cl)nc2s1. The highest BCUT2D eigenvalue weighted by molar-refractivity contribution is 9.10. The van der Waals surface area contributed by atoms with Crippen molar-refractivity contribution in [3.63, 3.8) is 0 Å². The van der Waals surface area contributed by atoms with E-state index >= 15 is 0 Å². The Morgan fingerprint density at radius 3 is 2.85 bits per heavy atom. The zero-order valence-corrected chi connectivity index (χ0v) is 13.4. The van der Waals surface area contributed by atoms with Gasteiger partial charge in [-0.15, -0.1) is 11.3 Å². The van der Waals surface area contributed by atoms with Crippen LogP contribution in [0, 0.1) is 12.7 Å². The summed E-state index contributed by atoms with van der Waals surface area (Å²) in [6, 6.07) is 6.41. The van der Waals surface area contributed by atoms with Gasteiger partial charge in [-0.2, -0.15) is 4.98 Å². The maximum absolute atomic E-state index is 13.1. The van der Waals surface area contributed by atoms with Crippen LogP contribution < -0.4 is 5.32 Å². The summed E-state index contributed by atoms with van der Waals surface area (Å²) in [5.74, 6) is 0.302. The summed E-state index contributed by atoms with van der Waals surface area (Å²) < 4.78 is 13.7. The molecule has 2 aromatic heterocycles. The summed E-state index contributed by atoms with van der Waals surface area (Å²) >= 11 is 10.8. The number of aromatic nitrogens is 2. The van der Waals surface area contributed by atoms with Crippen LogP contribution in [-0.4, -0.2) is 9.97 Å². The standard InChI is InChI=1S/C13H8BrClFN3S/c1-6-4-8-11(18-13(15)19-12(8)20-6)17-10-3-2-7(16)5-9(10)14/h2-5H,1H3,(H,17,18,19). The minimum atomic E-state index is -0.306. The van der Waals surface area contributed by atoms with Crippen LogP contribution in [-0.2, 0) is 0 Å². The summed E-state index contributed by atoms with van der Waals surface area (Å²) in [4.78, 5) is 10.4. The number of nitrogens with zero attached hydrogens (tertiary/aromatic N) is 2. The van der Waals surface area contributed by atoms with Gasteiger partial charge >= 0.3 is 0 Å². The van der Waals surface area contributed by atoms with Crippen molar-refractivity contribution in [2.45, 2.75) is 6.92 Å². The number of nitrogens with one attached hydrogen (secondary N) is 1. The number of rotatable bonds is 2. The zero-order valence-electron chi connectivity index (χ0n) is 10.2. The number of anilines is 2. The Hall–Kier alpha value is -1.24. The summed E-state index contributed by atoms with van der Waals surface area (Å²) in [5.41, 5.74) is 0.714. The van der Waals surface area contributed by atoms with Crippen LogP contribution in [0.5, 0.6) is 0 Å². The number of aryl methyl sites for hydroxylation is 1. The van der Waals surface area contributed by atoms with Gasteiger partial charge in [0.1, 0.15) is 16.5 Å². The molecule has 0 aliphatic carbocycles. The van der Waals surface area contributed by atoms with Crippen molar-refractivity contribution in [2.75, 3.05) is 5.32 Å². The van der Waals surface area contributed by atoms with Crippen LogP contribution in [0.1, 0.15) is 4.88 Å². The molecule has 3 rings (SSSR count). The molecule has 20 heavy (non-hydrogen) atoms. The number of thiophene rings is 1. The molecule has 1 aromatic carbocycles. The van der Waals surface area contributed by atoms with Gasteiger partial charge in [0.05, 0.1) is 11.1 Å². The number of benzene rings is 1. The number of fused-ring (bicyclic) bond motifs is 1. The van der Waals surface area contributed by atoms with E-state index in [1.165, 1.54) is 12.1 Å². The number of hydrogen-bond donors (Lipinski definition) is 1. The molecule has 0 amide bonds. The van der Waals surface area contributed by atoms with Gasteiger partial charge in [-0.05, 0) is 58.7 Å². The summed E-state index contributed by atoms with van der Waals surface area (Å²) in [6.45, 7) is 2.00. The monoisotopic (exact) mass is 371 g/mol. The van der Waals surface area contributed by atoms with Crippen LogP contribution in [0.25, 0.3) is 10.2 Å². The lowest BCUT2D eigenvalue weighted by molar-refractivity contribution is 0.627. The van der Waals surface area contributed by atoms with E-state index in [1.807, 2.05) is 13.0 Å². The molecule has 0 saturated heterocycles. The lowest BCUT2D eigenvalue weighted by Crippen LogP contribution is -1.97. The quantitative estimate of drug-likeness (QED) is 0.620. The second-order valence-electron chi connectivity index (χ2n) is 4.17. The average molecular weight is 373 g/mol. The lowest BCUT2D eigenvalue weighted by Gasteiger charge is -2.09. The van der Waals surface area contributed by atoms with Crippen LogP contribution in [0.15, 0.2) is 28.7 Å². The van der Waals surface area contributed by atoms with Crippen LogP contribution in [0.4, 0.5) is 15.9 Å². The Morgan fingerprint density at radius 1 is 1.30 bits per heavy atom. The zero-order chi connectivity index (χ0) is 14.3. The van der Waals surface area contributed by atoms with Gasteiger partial charge in [-0.1, -0.05) is 0 Å². The van der Waals surface area contributed by atoms with Gasteiger partial charge in [-0.3, -0.25) is 0 Å². The minimum Gasteiger partial charge on any atom is -0.339 e. The largest absolute Gasteiger partial charge is 0.339 e. The number of halogens is 3. The first-order valence-electron chi connectivity index (χ1n) is 5.69. The molecule has 3 nitrogen and oxygen atoms in total. The maximum Gasteiger partial charge on any atom is 0.225 e. The Balaban J connectivity index is 2.10. The summed E-state index contributed by atoms with van der Waals surface area (Å²) in [5, 5.41) is 4.23. The maximum atomic E-state index is 13.1. The fraction of sp³-hybridized carbons (Fsp3) is 0.0769. The summed E-state index contributed by atoms with van der Waals surface area (Å²) in [6.07, 6.45) is 0. The fourth-order valence-corrected chi connectivity index (χ4v) is 3.38. The lowest BCUT2D eigenvalue weighted by atomic mass is 10.3. The molecule has 0 atom stereocenters. The van der Waals surface area contributed by atoms with E-state index in [4.69, 9.17) is 11.6 Å². The predicted molar refractivity (Wildman–Crippen MR) is 84.5 cm³/mol. The van der Waals surface area contributed by atoms with Gasteiger partial charge < -0.3 is 5.32 Å². The highest BCUT2D eigenvalue weighted by Gasteiger charge is 2.11. The van der Waals surface area contributed by atoms with Gasteiger partial charge in [0.2, 0.25) is 5.28 Å². The van der Waals surface area contributed by atoms with E-state index in [9.17, 15) is 4.39 Å². The van der Waals surface area contributed by atoms with Crippen molar-refractivity contribution in [2.24, 2.45) is 0 Å². The highest BCUT2D eigenvalue weighted by Crippen LogP contribution is 2.33. The molecule has 7 heteroatoms. The van der Waals surface area contributed by atoms with Gasteiger partial charge in [0.15, 0.2) is 0 Å². The first kappa shape index (κ1) is 13.7. The van der Waals surface area contributed by atoms with E-state index in [0.29, 0.717) is 16.0 Å². The first-order valence-corrected chi connectivity index (χ1v) is 7.67.